The first-order chi connectivity index (χ1) is 14.1. The Labute approximate surface area is 175 Å². The van der Waals surface area contributed by atoms with E-state index in [1.165, 1.54) is 6.08 Å². The Morgan fingerprint density at radius 2 is 1.48 bits per heavy atom. The minimum atomic E-state index is -1.71. The van der Waals surface area contributed by atoms with Gasteiger partial charge in [-0.25, -0.2) is 0 Å². The van der Waals surface area contributed by atoms with Crippen LogP contribution in [0.5, 0.6) is 0 Å². The molecular formula is C26H17ClO2. The lowest BCUT2D eigenvalue weighted by molar-refractivity contribution is -0.104. The summed E-state index contributed by atoms with van der Waals surface area (Å²) >= 11 is 5.92. The predicted octanol–water partition coefficient (Wildman–Crippen LogP) is 4.87. The van der Waals surface area contributed by atoms with Crippen molar-refractivity contribution in [2.45, 2.75) is 5.60 Å². The van der Waals surface area contributed by atoms with Crippen molar-refractivity contribution in [3.8, 4) is 23.7 Å². The molecule has 3 aromatic carbocycles. The summed E-state index contributed by atoms with van der Waals surface area (Å²) in [5, 5.41) is 11.9. The molecule has 0 fully saturated rings. The van der Waals surface area contributed by atoms with Gasteiger partial charge in [-0.2, -0.15) is 0 Å². The lowest BCUT2D eigenvalue weighted by Gasteiger charge is -2.16. The molecule has 29 heavy (non-hydrogen) atoms. The standard InChI is InChI=1S/C26H17ClO2/c27-25-13-11-21(12-14-25)15-18-26(29,24-9-5-2-6-10-24)19-16-23(17-20-28)22-7-3-1-4-8-22/h1-14,17,20,29H/b23-17+. The van der Waals surface area contributed by atoms with Gasteiger partial charge in [-0.1, -0.05) is 84.1 Å². The Morgan fingerprint density at radius 1 is 0.862 bits per heavy atom. The Morgan fingerprint density at radius 3 is 2.10 bits per heavy atom. The molecule has 1 unspecified atom stereocenters. The van der Waals surface area contributed by atoms with Crippen LogP contribution in [0.2, 0.25) is 5.02 Å². The van der Waals surface area contributed by atoms with Crippen molar-refractivity contribution < 1.29 is 9.90 Å². The summed E-state index contributed by atoms with van der Waals surface area (Å²) in [5.74, 6) is 11.6. The van der Waals surface area contributed by atoms with Gasteiger partial charge < -0.3 is 5.11 Å². The van der Waals surface area contributed by atoms with Crippen LogP contribution in [0.4, 0.5) is 0 Å². The molecule has 0 aromatic heterocycles. The van der Waals surface area contributed by atoms with Gasteiger partial charge in [0.1, 0.15) is 6.29 Å². The molecule has 0 saturated heterocycles. The number of aldehydes is 1. The predicted molar refractivity (Wildman–Crippen MR) is 117 cm³/mol. The van der Waals surface area contributed by atoms with Crippen molar-refractivity contribution in [3.05, 3.63) is 113 Å². The van der Waals surface area contributed by atoms with Gasteiger partial charge in [0.25, 0.3) is 0 Å². The van der Waals surface area contributed by atoms with Gasteiger partial charge in [0.15, 0.2) is 0 Å². The number of carbonyl (C=O) groups excluding carboxylic acids is 1. The summed E-state index contributed by atoms with van der Waals surface area (Å²) in [6, 6.07) is 25.3. The second-order valence-electron chi connectivity index (χ2n) is 6.17. The quantitative estimate of drug-likeness (QED) is 0.390. The first-order valence-corrected chi connectivity index (χ1v) is 9.29. The van der Waals surface area contributed by atoms with Crippen LogP contribution in [-0.2, 0) is 10.4 Å². The summed E-state index contributed by atoms with van der Waals surface area (Å²) in [7, 11) is 0. The molecule has 0 amide bonds. The highest BCUT2D eigenvalue weighted by atomic mass is 35.5. The zero-order chi connectivity index (χ0) is 20.5. The van der Waals surface area contributed by atoms with Gasteiger partial charge in [0.2, 0.25) is 5.60 Å². The lowest BCUT2D eigenvalue weighted by atomic mass is 9.93. The summed E-state index contributed by atoms with van der Waals surface area (Å²) in [6.45, 7) is 0. The molecule has 3 rings (SSSR count). The maximum Gasteiger partial charge on any atom is 0.214 e. The monoisotopic (exact) mass is 396 g/mol. The first kappa shape index (κ1) is 20.2. The Hall–Kier alpha value is -3.56. The van der Waals surface area contributed by atoms with Crippen LogP contribution in [-0.4, -0.2) is 11.4 Å². The van der Waals surface area contributed by atoms with E-state index in [4.69, 9.17) is 11.6 Å². The number of carbonyl (C=O) groups is 1. The highest BCUT2D eigenvalue weighted by Crippen LogP contribution is 2.21. The Kier molecular flexibility index (Phi) is 6.67. The summed E-state index contributed by atoms with van der Waals surface area (Å²) in [4.78, 5) is 11.1. The van der Waals surface area contributed by atoms with Crippen LogP contribution in [0.15, 0.2) is 91.0 Å². The molecular weight excluding hydrogens is 380 g/mol. The van der Waals surface area contributed by atoms with E-state index in [0.717, 1.165) is 5.56 Å². The van der Waals surface area contributed by atoms with Crippen LogP contribution in [0.3, 0.4) is 0 Å². The number of aliphatic hydroxyl groups is 1. The van der Waals surface area contributed by atoms with Crippen molar-refractivity contribution >= 4 is 23.5 Å². The molecule has 3 heteroatoms. The van der Waals surface area contributed by atoms with Crippen molar-refractivity contribution in [2.24, 2.45) is 0 Å². The minimum Gasteiger partial charge on any atom is -0.363 e. The fourth-order valence-electron chi connectivity index (χ4n) is 2.60. The van der Waals surface area contributed by atoms with Gasteiger partial charge in [0.05, 0.1) is 0 Å². The number of allylic oxidation sites excluding steroid dienone is 2. The van der Waals surface area contributed by atoms with E-state index < -0.39 is 5.60 Å². The number of benzene rings is 3. The third kappa shape index (κ3) is 5.47. The fraction of sp³-hybridized carbons (Fsp3) is 0.0385. The highest BCUT2D eigenvalue weighted by molar-refractivity contribution is 6.30. The maximum absolute atomic E-state index is 11.3. The second-order valence-corrected chi connectivity index (χ2v) is 6.60. The minimum absolute atomic E-state index is 0.503. The first-order valence-electron chi connectivity index (χ1n) is 8.91. The average molecular weight is 397 g/mol. The second kappa shape index (κ2) is 9.58. The highest BCUT2D eigenvalue weighted by Gasteiger charge is 2.24. The number of halogens is 1. The molecule has 3 aromatic rings. The van der Waals surface area contributed by atoms with Crippen LogP contribution in [0, 0.1) is 23.7 Å². The van der Waals surface area contributed by atoms with E-state index in [1.54, 1.807) is 36.4 Å². The molecule has 1 N–H and O–H groups in total. The smallest absolute Gasteiger partial charge is 0.214 e. The van der Waals surface area contributed by atoms with E-state index in [-0.39, 0.29) is 0 Å². The Balaban J connectivity index is 2.06. The zero-order valence-corrected chi connectivity index (χ0v) is 16.2. The molecule has 2 nitrogen and oxygen atoms in total. The fourth-order valence-corrected chi connectivity index (χ4v) is 2.73. The van der Waals surface area contributed by atoms with Gasteiger partial charge >= 0.3 is 0 Å². The molecule has 0 saturated carbocycles. The van der Waals surface area contributed by atoms with Gasteiger partial charge in [0, 0.05) is 21.7 Å². The normalized spacial score (nSPS) is 12.6. The molecule has 1 atom stereocenters. The Bertz CT molecular complexity index is 1130. The van der Waals surface area contributed by atoms with E-state index in [1.807, 2.05) is 48.5 Å². The number of rotatable bonds is 3. The van der Waals surface area contributed by atoms with Gasteiger partial charge in [-0.3, -0.25) is 4.79 Å². The van der Waals surface area contributed by atoms with Crippen LogP contribution in [0.25, 0.3) is 5.57 Å². The van der Waals surface area contributed by atoms with Crippen LogP contribution < -0.4 is 0 Å². The molecule has 0 aliphatic rings. The van der Waals surface area contributed by atoms with E-state index in [0.29, 0.717) is 28.0 Å². The summed E-state index contributed by atoms with van der Waals surface area (Å²) in [5.41, 5.74) is 0.832. The van der Waals surface area contributed by atoms with Crippen molar-refractivity contribution in [1.82, 2.24) is 0 Å². The number of hydrogen-bond acceptors (Lipinski definition) is 2. The average Bonchev–Trinajstić information content (AvgIpc) is 2.77. The third-order valence-corrected chi connectivity index (χ3v) is 4.37. The van der Waals surface area contributed by atoms with Gasteiger partial charge in [-0.15, -0.1) is 0 Å². The molecule has 0 aliphatic heterocycles. The summed E-state index contributed by atoms with van der Waals surface area (Å²) in [6.07, 6.45) is 2.05. The molecule has 140 valence electrons. The van der Waals surface area contributed by atoms with Gasteiger partial charge in [-0.05, 0) is 47.7 Å². The van der Waals surface area contributed by atoms with Crippen molar-refractivity contribution in [3.63, 3.8) is 0 Å². The molecule has 0 radical (unpaired) electrons. The topological polar surface area (TPSA) is 37.3 Å². The van der Waals surface area contributed by atoms with Crippen molar-refractivity contribution in [1.29, 1.82) is 0 Å². The van der Waals surface area contributed by atoms with Crippen LogP contribution in [0.1, 0.15) is 16.7 Å². The van der Waals surface area contributed by atoms with E-state index in [9.17, 15) is 9.90 Å². The summed E-state index contributed by atoms with van der Waals surface area (Å²) < 4.78 is 0. The number of hydrogen-bond donors (Lipinski definition) is 1. The molecule has 0 spiro atoms. The van der Waals surface area contributed by atoms with Crippen LogP contribution >= 0.6 is 11.6 Å². The van der Waals surface area contributed by atoms with E-state index >= 15 is 0 Å². The molecule has 0 aliphatic carbocycles. The molecule has 0 bridgehead atoms. The lowest BCUT2D eigenvalue weighted by Crippen LogP contribution is -2.21. The van der Waals surface area contributed by atoms with E-state index in [2.05, 4.69) is 23.7 Å². The third-order valence-electron chi connectivity index (χ3n) is 4.12. The largest absolute Gasteiger partial charge is 0.363 e. The SMILES string of the molecule is O=C/C=C(\C#CC(O)(C#Cc1ccc(Cl)cc1)c1ccccc1)c1ccccc1. The molecule has 0 heterocycles. The zero-order valence-electron chi connectivity index (χ0n) is 15.5. The van der Waals surface area contributed by atoms with Crippen molar-refractivity contribution in [2.75, 3.05) is 0 Å². The maximum atomic E-state index is 11.3.